The number of aromatic amines is 1. The first-order valence-electron chi connectivity index (χ1n) is 8.66. The van der Waals surface area contributed by atoms with Crippen LogP contribution in [0.4, 0.5) is 23.1 Å². The Kier molecular flexibility index (Phi) is 9.85. The molecule has 3 rings (SSSR count). The van der Waals surface area contributed by atoms with Gasteiger partial charge in [-0.3, -0.25) is 32.3 Å². The summed E-state index contributed by atoms with van der Waals surface area (Å²) in [4.78, 5) is 43.4. The first kappa shape index (κ1) is 25.5. The number of H-pyrrole nitrogens is 1. The van der Waals surface area contributed by atoms with Crippen LogP contribution < -0.4 is 32.1 Å². The van der Waals surface area contributed by atoms with Gasteiger partial charge in [-0.1, -0.05) is 0 Å². The Balaban J connectivity index is 0.00000225. The smallest absolute Gasteiger partial charge is 0.278 e. The molecule has 2 radical (unpaired) electrons. The molecular weight excluding hydrogens is 480 g/mol. The van der Waals surface area contributed by atoms with Gasteiger partial charge in [-0.05, 0) is 24.3 Å². The average Bonchev–Trinajstić information content (AvgIpc) is 2.70. The van der Waals surface area contributed by atoms with Crippen molar-refractivity contribution in [3.63, 3.8) is 0 Å². The quantitative estimate of drug-likeness (QED) is 0.272. The molecule has 166 valence electrons. The fourth-order valence-corrected chi connectivity index (χ4v) is 2.88. The van der Waals surface area contributed by atoms with Gasteiger partial charge in [-0.2, -0.15) is 4.98 Å². The number of amides is 2. The van der Waals surface area contributed by atoms with E-state index in [0.717, 1.165) is 5.69 Å². The summed E-state index contributed by atoms with van der Waals surface area (Å²) >= 11 is 0. The second-order valence-corrected chi connectivity index (χ2v) is 6.12. The minimum atomic E-state index is -0.485. The first-order chi connectivity index (χ1) is 13.5. The van der Waals surface area contributed by atoms with Crippen LogP contribution in [0.2, 0.25) is 0 Å². The number of aromatic nitrogens is 2. The van der Waals surface area contributed by atoms with Gasteiger partial charge in [0, 0.05) is 57.9 Å². The number of hydrogen-bond acceptors (Lipinski definition) is 7. The van der Waals surface area contributed by atoms with E-state index in [2.05, 4.69) is 32.8 Å². The summed E-state index contributed by atoms with van der Waals surface area (Å²) in [6.45, 7) is 5.99. The SMILES string of the molecule is [CH2-]C[CH-]NC(=O)c1ccc(NCC2CNc3nc(N)[nH]c(=O)c3N2C=O)cc1.[Co].[Co]. The second-order valence-electron chi connectivity index (χ2n) is 6.12. The molecule has 10 nitrogen and oxygen atoms in total. The number of nitrogens with zero attached hydrogens (tertiary/aromatic N) is 2. The fourth-order valence-electron chi connectivity index (χ4n) is 2.88. The number of rotatable bonds is 7. The Labute approximate surface area is 194 Å². The van der Waals surface area contributed by atoms with Gasteiger partial charge in [0.25, 0.3) is 5.56 Å². The van der Waals surface area contributed by atoms with Crippen molar-refractivity contribution in [2.45, 2.75) is 12.5 Å². The topological polar surface area (TPSA) is 145 Å². The van der Waals surface area contributed by atoms with Crippen molar-refractivity contribution in [3.8, 4) is 0 Å². The van der Waals surface area contributed by atoms with Crippen LogP contribution in [0.5, 0.6) is 0 Å². The van der Waals surface area contributed by atoms with Gasteiger partial charge < -0.3 is 33.5 Å². The molecule has 2 amide bonds. The number of nitrogen functional groups attached to an aromatic ring is 1. The molecule has 1 aromatic heterocycles. The van der Waals surface area contributed by atoms with Crippen LogP contribution in [0, 0.1) is 13.5 Å². The predicted molar refractivity (Wildman–Crippen MR) is 107 cm³/mol. The standard InChI is InChI=1S/C18H21N7O3.2Co/c1-2-7-20-16(27)11-3-5-12(6-4-11)21-8-13-9-22-15-14(25(13)10-26)17(28)24-18(19)23-15;;/h3-7,10,13,21H,1-2,8-9H2,(H,20,27)(H4,19,22,23,24,28);;/q-2;;. The van der Waals surface area contributed by atoms with Crippen LogP contribution in [-0.2, 0) is 38.4 Å². The molecule has 2 heterocycles. The van der Waals surface area contributed by atoms with Crippen molar-refractivity contribution < 1.29 is 43.1 Å². The number of nitrogens with one attached hydrogen (secondary N) is 4. The molecule has 0 spiro atoms. The minimum absolute atomic E-state index is 0. The van der Waals surface area contributed by atoms with Gasteiger partial charge in [0.1, 0.15) is 0 Å². The monoisotopic (exact) mass is 501 g/mol. The van der Waals surface area contributed by atoms with E-state index in [1.165, 1.54) is 4.90 Å². The first-order valence-corrected chi connectivity index (χ1v) is 8.66. The van der Waals surface area contributed by atoms with Crippen LogP contribution in [0.3, 0.4) is 0 Å². The molecule has 1 unspecified atom stereocenters. The van der Waals surface area contributed by atoms with Crippen molar-refractivity contribution in [3.05, 3.63) is 53.7 Å². The van der Waals surface area contributed by atoms with Gasteiger partial charge >= 0.3 is 0 Å². The van der Waals surface area contributed by atoms with Crippen LogP contribution in [0.25, 0.3) is 0 Å². The van der Waals surface area contributed by atoms with E-state index in [9.17, 15) is 14.4 Å². The van der Waals surface area contributed by atoms with Gasteiger partial charge in [0.2, 0.25) is 18.3 Å². The van der Waals surface area contributed by atoms with Crippen LogP contribution in [-0.4, -0.2) is 41.4 Å². The Morgan fingerprint density at radius 3 is 2.70 bits per heavy atom. The number of anilines is 4. The molecule has 12 heteroatoms. The maximum absolute atomic E-state index is 12.2. The minimum Gasteiger partial charge on any atom is -0.504 e. The number of fused-ring (bicyclic) bond motifs is 1. The molecule has 0 bridgehead atoms. The van der Waals surface area contributed by atoms with E-state index in [-0.39, 0.29) is 63.0 Å². The normalized spacial score (nSPS) is 14.3. The summed E-state index contributed by atoms with van der Waals surface area (Å²) in [5.41, 5.74) is 6.49. The summed E-state index contributed by atoms with van der Waals surface area (Å²) < 4.78 is 0. The van der Waals surface area contributed by atoms with E-state index >= 15 is 0 Å². The van der Waals surface area contributed by atoms with Crippen molar-refractivity contribution in [1.29, 1.82) is 0 Å². The molecular formula is C18H21Co2N7O3-2. The fraction of sp³-hybridized carbons (Fsp3) is 0.222. The van der Waals surface area contributed by atoms with E-state index < -0.39 is 5.56 Å². The third-order valence-corrected chi connectivity index (χ3v) is 4.25. The summed E-state index contributed by atoms with van der Waals surface area (Å²) in [5.74, 6) is 0.0519. The molecule has 6 N–H and O–H groups in total. The van der Waals surface area contributed by atoms with E-state index in [4.69, 9.17) is 5.73 Å². The molecule has 0 saturated carbocycles. The van der Waals surface area contributed by atoms with E-state index in [1.807, 2.05) is 0 Å². The molecule has 1 atom stereocenters. The van der Waals surface area contributed by atoms with Gasteiger partial charge in [-0.15, -0.1) is 0 Å². The average molecular weight is 501 g/mol. The van der Waals surface area contributed by atoms with Gasteiger partial charge in [0.05, 0.1) is 6.04 Å². The molecule has 1 aliphatic heterocycles. The molecule has 0 saturated heterocycles. The molecule has 1 aromatic carbocycles. The van der Waals surface area contributed by atoms with Crippen molar-refractivity contribution in [1.82, 2.24) is 15.3 Å². The van der Waals surface area contributed by atoms with E-state index in [0.29, 0.717) is 31.5 Å². The number of hydrogen-bond donors (Lipinski definition) is 5. The zero-order valence-electron chi connectivity index (χ0n) is 15.7. The van der Waals surface area contributed by atoms with Crippen LogP contribution in [0.1, 0.15) is 16.8 Å². The second kappa shape index (κ2) is 11.6. The Bertz CT molecular complexity index is 921. The van der Waals surface area contributed by atoms with Crippen LogP contribution >= 0.6 is 0 Å². The van der Waals surface area contributed by atoms with Crippen molar-refractivity contribution in [2.24, 2.45) is 0 Å². The number of carbonyl (C=O) groups is 2. The molecule has 1 aliphatic rings. The zero-order valence-corrected chi connectivity index (χ0v) is 17.8. The third-order valence-electron chi connectivity index (χ3n) is 4.25. The van der Waals surface area contributed by atoms with Gasteiger partial charge in [0.15, 0.2) is 11.5 Å². The Morgan fingerprint density at radius 1 is 1.37 bits per heavy atom. The third kappa shape index (κ3) is 5.75. The van der Waals surface area contributed by atoms with Crippen molar-refractivity contribution in [2.75, 3.05) is 34.4 Å². The van der Waals surface area contributed by atoms with Crippen molar-refractivity contribution >= 4 is 35.5 Å². The zero-order chi connectivity index (χ0) is 20.1. The number of nitrogens with two attached hydrogens (primary N) is 1. The maximum Gasteiger partial charge on any atom is 0.278 e. The molecule has 30 heavy (non-hydrogen) atoms. The molecule has 0 fully saturated rings. The number of benzene rings is 1. The summed E-state index contributed by atoms with van der Waals surface area (Å²) in [6.07, 6.45) is 1.10. The number of carbonyl (C=O) groups excluding carboxylic acids is 2. The Hall–Kier alpha value is -2.55. The maximum atomic E-state index is 12.2. The summed E-state index contributed by atoms with van der Waals surface area (Å²) in [5, 5.41) is 8.86. The Morgan fingerprint density at radius 2 is 2.07 bits per heavy atom. The predicted octanol–water partition coefficient (Wildman–Crippen LogP) is 0.332. The largest absolute Gasteiger partial charge is 0.504 e. The molecule has 2 aromatic rings. The summed E-state index contributed by atoms with van der Waals surface area (Å²) in [7, 11) is 0. The molecule has 0 aliphatic carbocycles. The summed E-state index contributed by atoms with van der Waals surface area (Å²) in [6, 6.07) is 6.61. The van der Waals surface area contributed by atoms with Crippen LogP contribution in [0.15, 0.2) is 29.1 Å². The van der Waals surface area contributed by atoms with Gasteiger partial charge in [-0.25, -0.2) is 0 Å². The van der Waals surface area contributed by atoms with E-state index in [1.54, 1.807) is 30.8 Å².